The first-order chi connectivity index (χ1) is 9.76. The van der Waals surface area contributed by atoms with E-state index in [2.05, 4.69) is 30.9 Å². The predicted octanol–water partition coefficient (Wildman–Crippen LogP) is 3.51. The van der Waals surface area contributed by atoms with Gasteiger partial charge in [-0.3, -0.25) is 0 Å². The van der Waals surface area contributed by atoms with Crippen LogP contribution in [-0.4, -0.2) is 18.1 Å². The maximum absolute atomic E-state index is 5.82. The number of hydrogen-bond acceptors (Lipinski definition) is 3. The van der Waals surface area contributed by atoms with Gasteiger partial charge in [-0.2, -0.15) is 0 Å². The molecule has 1 aromatic rings. The number of nitrogens with two attached hydrogens (primary N) is 1. The van der Waals surface area contributed by atoms with E-state index in [9.17, 15) is 0 Å². The van der Waals surface area contributed by atoms with E-state index in [0.717, 1.165) is 36.9 Å². The molecule has 3 heteroatoms. The Hall–Kier alpha value is -1.09. The van der Waals surface area contributed by atoms with E-state index in [1.807, 2.05) is 0 Å². The second-order valence-electron chi connectivity index (χ2n) is 5.96. The first-order valence-electron chi connectivity index (χ1n) is 8.21. The molecule has 2 rings (SSSR count). The zero-order valence-corrected chi connectivity index (χ0v) is 13.1. The molecule has 1 aliphatic rings. The summed E-state index contributed by atoms with van der Waals surface area (Å²) in [4.78, 5) is 7.27. The molecule has 1 fully saturated rings. The Labute approximate surface area is 123 Å². The zero-order chi connectivity index (χ0) is 14.4. The lowest BCUT2D eigenvalue weighted by Crippen LogP contribution is -2.25. The molecule has 1 aromatic heterocycles. The van der Waals surface area contributed by atoms with Gasteiger partial charge in [0.15, 0.2) is 0 Å². The van der Waals surface area contributed by atoms with Crippen molar-refractivity contribution in [1.29, 1.82) is 0 Å². The van der Waals surface area contributed by atoms with Gasteiger partial charge >= 0.3 is 0 Å². The molecule has 1 aliphatic heterocycles. The van der Waals surface area contributed by atoms with Gasteiger partial charge in [0.2, 0.25) is 0 Å². The molecule has 2 N–H and O–H groups in total. The van der Waals surface area contributed by atoms with E-state index in [-0.39, 0.29) is 0 Å². The summed E-state index contributed by atoms with van der Waals surface area (Å²) >= 11 is 0. The van der Waals surface area contributed by atoms with Crippen LogP contribution in [0.1, 0.15) is 57.2 Å². The maximum Gasteiger partial charge on any atom is 0.129 e. The lowest BCUT2D eigenvalue weighted by atomic mass is 9.96. The van der Waals surface area contributed by atoms with Crippen LogP contribution < -0.4 is 10.6 Å². The van der Waals surface area contributed by atoms with Gasteiger partial charge < -0.3 is 10.6 Å². The van der Waals surface area contributed by atoms with Crippen LogP contribution in [-0.2, 0) is 13.0 Å². The Morgan fingerprint density at radius 2 is 2.10 bits per heavy atom. The monoisotopic (exact) mass is 275 g/mol. The number of aromatic nitrogens is 1. The molecular formula is C17H29N3. The average molecular weight is 275 g/mol. The van der Waals surface area contributed by atoms with Gasteiger partial charge in [-0.05, 0) is 49.3 Å². The second-order valence-corrected chi connectivity index (χ2v) is 5.96. The third-order valence-corrected chi connectivity index (χ3v) is 4.39. The van der Waals surface area contributed by atoms with Crippen LogP contribution in [0.5, 0.6) is 0 Å². The van der Waals surface area contributed by atoms with Crippen molar-refractivity contribution in [3.05, 3.63) is 23.4 Å². The summed E-state index contributed by atoms with van der Waals surface area (Å²) in [7, 11) is 0. The minimum absolute atomic E-state index is 0.606. The predicted molar refractivity (Wildman–Crippen MR) is 86.0 cm³/mol. The number of anilines is 1. The van der Waals surface area contributed by atoms with Crippen molar-refractivity contribution in [1.82, 2.24) is 4.98 Å². The Kier molecular flexibility index (Phi) is 5.84. The highest BCUT2D eigenvalue weighted by molar-refractivity contribution is 5.43. The highest BCUT2D eigenvalue weighted by Gasteiger charge is 2.18. The molecule has 0 radical (unpaired) electrons. The lowest BCUT2D eigenvalue weighted by molar-refractivity contribution is 0.435. The average Bonchev–Trinajstić information content (AvgIpc) is 2.73. The SMILES string of the molecule is CCCC1CCCN(c2cc(CN)cc(CC)n2)CC1. The van der Waals surface area contributed by atoms with E-state index in [0.29, 0.717) is 6.54 Å². The standard InChI is InChI=1S/C17H29N3/c1-3-6-14-7-5-9-20(10-8-14)17-12-15(13-18)11-16(4-2)19-17/h11-12,14H,3-10,13,18H2,1-2H3. The van der Waals surface area contributed by atoms with Crippen molar-refractivity contribution in [2.45, 2.75) is 58.9 Å². The van der Waals surface area contributed by atoms with Crippen LogP contribution in [0.15, 0.2) is 12.1 Å². The van der Waals surface area contributed by atoms with E-state index in [1.54, 1.807) is 0 Å². The molecule has 112 valence electrons. The second kappa shape index (κ2) is 7.63. The molecule has 3 nitrogen and oxygen atoms in total. The molecule has 20 heavy (non-hydrogen) atoms. The van der Waals surface area contributed by atoms with Crippen molar-refractivity contribution in [3.8, 4) is 0 Å². The molecule has 1 unspecified atom stereocenters. The molecule has 0 bridgehead atoms. The minimum atomic E-state index is 0.606. The zero-order valence-electron chi connectivity index (χ0n) is 13.1. The molecule has 1 saturated heterocycles. The fourth-order valence-electron chi connectivity index (χ4n) is 3.19. The van der Waals surface area contributed by atoms with Gasteiger partial charge in [0, 0.05) is 25.3 Å². The smallest absolute Gasteiger partial charge is 0.129 e. The van der Waals surface area contributed by atoms with Crippen LogP contribution in [0.4, 0.5) is 5.82 Å². The number of hydrogen-bond donors (Lipinski definition) is 1. The van der Waals surface area contributed by atoms with E-state index < -0.39 is 0 Å². The Bertz CT molecular complexity index is 394. The number of aryl methyl sites for hydroxylation is 1. The molecule has 1 atom stereocenters. The van der Waals surface area contributed by atoms with Gasteiger partial charge in [0.25, 0.3) is 0 Å². The summed E-state index contributed by atoms with van der Waals surface area (Å²) in [6.07, 6.45) is 7.65. The van der Waals surface area contributed by atoms with Crippen LogP contribution >= 0.6 is 0 Å². The normalized spacial score (nSPS) is 19.9. The summed E-state index contributed by atoms with van der Waals surface area (Å²) in [5.41, 5.74) is 8.19. The molecule has 0 amide bonds. The Morgan fingerprint density at radius 1 is 1.25 bits per heavy atom. The summed E-state index contributed by atoms with van der Waals surface area (Å²) in [6.45, 7) is 7.35. The van der Waals surface area contributed by atoms with E-state index >= 15 is 0 Å². The fourth-order valence-corrected chi connectivity index (χ4v) is 3.19. The van der Waals surface area contributed by atoms with Crippen molar-refractivity contribution in [2.24, 2.45) is 11.7 Å². The number of rotatable bonds is 5. The Morgan fingerprint density at radius 3 is 2.80 bits per heavy atom. The van der Waals surface area contributed by atoms with Crippen LogP contribution in [0.2, 0.25) is 0 Å². The molecule has 0 saturated carbocycles. The van der Waals surface area contributed by atoms with Gasteiger partial charge in [-0.15, -0.1) is 0 Å². The highest BCUT2D eigenvalue weighted by atomic mass is 15.2. The maximum atomic E-state index is 5.82. The van der Waals surface area contributed by atoms with Crippen molar-refractivity contribution >= 4 is 5.82 Å². The molecular weight excluding hydrogens is 246 g/mol. The summed E-state index contributed by atoms with van der Waals surface area (Å²) in [5, 5.41) is 0. The van der Waals surface area contributed by atoms with E-state index in [1.165, 1.54) is 37.7 Å². The largest absolute Gasteiger partial charge is 0.357 e. The van der Waals surface area contributed by atoms with Gasteiger partial charge in [-0.1, -0.05) is 26.7 Å². The highest BCUT2D eigenvalue weighted by Crippen LogP contribution is 2.25. The van der Waals surface area contributed by atoms with Gasteiger partial charge in [0.1, 0.15) is 5.82 Å². The molecule has 0 aliphatic carbocycles. The van der Waals surface area contributed by atoms with Gasteiger partial charge in [0.05, 0.1) is 0 Å². The van der Waals surface area contributed by atoms with Crippen LogP contribution in [0.25, 0.3) is 0 Å². The number of pyridine rings is 1. The first-order valence-corrected chi connectivity index (χ1v) is 8.21. The van der Waals surface area contributed by atoms with Crippen molar-refractivity contribution in [3.63, 3.8) is 0 Å². The molecule has 2 heterocycles. The Balaban J connectivity index is 2.10. The van der Waals surface area contributed by atoms with Crippen LogP contribution in [0.3, 0.4) is 0 Å². The number of nitrogens with zero attached hydrogens (tertiary/aromatic N) is 2. The van der Waals surface area contributed by atoms with Crippen molar-refractivity contribution < 1.29 is 0 Å². The summed E-state index contributed by atoms with van der Waals surface area (Å²) in [5.74, 6) is 2.05. The first kappa shape index (κ1) is 15.3. The van der Waals surface area contributed by atoms with Crippen LogP contribution in [0, 0.1) is 5.92 Å². The van der Waals surface area contributed by atoms with Crippen molar-refractivity contribution in [2.75, 3.05) is 18.0 Å². The third-order valence-electron chi connectivity index (χ3n) is 4.39. The third kappa shape index (κ3) is 3.95. The molecule has 0 aromatic carbocycles. The minimum Gasteiger partial charge on any atom is -0.357 e. The molecule has 0 spiro atoms. The lowest BCUT2D eigenvalue weighted by Gasteiger charge is -2.23. The topological polar surface area (TPSA) is 42.1 Å². The van der Waals surface area contributed by atoms with Gasteiger partial charge in [-0.25, -0.2) is 4.98 Å². The fraction of sp³-hybridized carbons (Fsp3) is 0.706. The summed E-state index contributed by atoms with van der Waals surface area (Å²) < 4.78 is 0. The quantitative estimate of drug-likeness (QED) is 0.894. The van der Waals surface area contributed by atoms with E-state index in [4.69, 9.17) is 10.7 Å². The summed E-state index contributed by atoms with van der Waals surface area (Å²) in [6, 6.07) is 4.32.